The van der Waals surface area contributed by atoms with Crippen LogP contribution in [0.2, 0.25) is 10.0 Å². The van der Waals surface area contributed by atoms with E-state index in [2.05, 4.69) is 15.7 Å². The summed E-state index contributed by atoms with van der Waals surface area (Å²) in [6.45, 7) is 2.86. The number of urea groups is 1. The summed E-state index contributed by atoms with van der Waals surface area (Å²) >= 11 is 12.5. The molecule has 2 heterocycles. The van der Waals surface area contributed by atoms with Crippen LogP contribution >= 0.6 is 23.2 Å². The summed E-state index contributed by atoms with van der Waals surface area (Å²) in [4.78, 5) is 42.2. The second kappa shape index (κ2) is 8.29. The van der Waals surface area contributed by atoms with Crippen molar-refractivity contribution in [2.75, 3.05) is 6.61 Å². The summed E-state index contributed by atoms with van der Waals surface area (Å²) < 4.78 is 5.60. The largest absolute Gasteiger partial charge is 0.480 e. The van der Waals surface area contributed by atoms with Crippen LogP contribution in [0.5, 0.6) is 5.75 Å². The average molecular weight is 473 g/mol. The van der Waals surface area contributed by atoms with Gasteiger partial charge in [-0.1, -0.05) is 53.5 Å². The molecule has 1 aromatic heterocycles. The Morgan fingerprint density at radius 1 is 1.16 bits per heavy atom. The molecule has 1 atom stereocenters. The summed E-state index contributed by atoms with van der Waals surface area (Å²) in [6.07, 6.45) is 0. The molecule has 1 fully saturated rings. The molecule has 2 aromatic carbocycles. The SMILES string of the molecule is Cc1ccc2c(Cl)cc(Cl)c(OCC(=O)NN3C(=O)NC(C)(c4ccccc4)C3=O)c2n1. The molecule has 0 radical (unpaired) electrons. The molecule has 10 heteroatoms. The fourth-order valence-corrected chi connectivity index (χ4v) is 4.00. The Kier molecular flexibility index (Phi) is 5.66. The van der Waals surface area contributed by atoms with Gasteiger partial charge >= 0.3 is 6.03 Å². The molecule has 164 valence electrons. The van der Waals surface area contributed by atoms with Gasteiger partial charge in [0.1, 0.15) is 11.1 Å². The predicted octanol–water partition coefficient (Wildman–Crippen LogP) is 3.73. The number of fused-ring (bicyclic) bond motifs is 1. The van der Waals surface area contributed by atoms with Crippen LogP contribution in [0.4, 0.5) is 4.79 Å². The molecule has 0 bridgehead atoms. The number of aromatic nitrogens is 1. The lowest BCUT2D eigenvalue weighted by Gasteiger charge is -2.22. The topological polar surface area (TPSA) is 101 Å². The van der Waals surface area contributed by atoms with Crippen molar-refractivity contribution in [3.05, 3.63) is 69.8 Å². The number of carbonyl (C=O) groups excluding carboxylic acids is 3. The van der Waals surface area contributed by atoms with Gasteiger partial charge in [-0.05, 0) is 37.6 Å². The third-order valence-corrected chi connectivity index (χ3v) is 5.70. The summed E-state index contributed by atoms with van der Waals surface area (Å²) in [5.74, 6) is -1.16. The number of nitrogens with zero attached hydrogens (tertiary/aromatic N) is 2. The van der Waals surface area contributed by atoms with E-state index < -0.39 is 30.0 Å². The molecule has 4 rings (SSSR count). The van der Waals surface area contributed by atoms with Crippen LogP contribution in [0.3, 0.4) is 0 Å². The number of hydrogen-bond donors (Lipinski definition) is 2. The Hall–Kier alpha value is -3.36. The van der Waals surface area contributed by atoms with Crippen LogP contribution in [0.1, 0.15) is 18.2 Å². The summed E-state index contributed by atoms with van der Waals surface area (Å²) in [6, 6.07) is 13.1. The average Bonchev–Trinajstić information content (AvgIpc) is 2.98. The van der Waals surface area contributed by atoms with E-state index in [4.69, 9.17) is 27.9 Å². The zero-order chi connectivity index (χ0) is 23.0. The maximum atomic E-state index is 12.9. The number of benzene rings is 2. The molecule has 1 aliphatic heterocycles. The molecule has 4 amide bonds. The number of rotatable bonds is 5. The number of carbonyl (C=O) groups is 3. The highest BCUT2D eigenvalue weighted by Crippen LogP contribution is 2.37. The Morgan fingerprint density at radius 2 is 1.88 bits per heavy atom. The Morgan fingerprint density at radius 3 is 2.59 bits per heavy atom. The van der Waals surface area contributed by atoms with Gasteiger partial charge in [0.25, 0.3) is 11.8 Å². The van der Waals surface area contributed by atoms with E-state index in [1.165, 1.54) is 6.07 Å². The van der Waals surface area contributed by atoms with Gasteiger partial charge in [0.05, 0.1) is 10.0 Å². The molecular formula is C22H18Cl2N4O4. The molecule has 3 aromatic rings. The number of halogens is 2. The first-order valence-corrected chi connectivity index (χ1v) is 10.4. The third-order valence-electron chi connectivity index (χ3n) is 5.10. The van der Waals surface area contributed by atoms with Crippen LogP contribution in [0.25, 0.3) is 10.9 Å². The Balaban J connectivity index is 1.50. The minimum absolute atomic E-state index is 0.177. The summed E-state index contributed by atoms with van der Waals surface area (Å²) in [5.41, 5.74) is 2.69. The minimum atomic E-state index is -1.30. The van der Waals surface area contributed by atoms with Crippen LogP contribution in [-0.4, -0.2) is 34.4 Å². The number of nitrogens with one attached hydrogen (secondary N) is 2. The van der Waals surface area contributed by atoms with Crippen molar-refractivity contribution in [3.63, 3.8) is 0 Å². The number of pyridine rings is 1. The van der Waals surface area contributed by atoms with E-state index in [-0.39, 0.29) is 10.8 Å². The van der Waals surface area contributed by atoms with Gasteiger partial charge < -0.3 is 10.1 Å². The zero-order valence-electron chi connectivity index (χ0n) is 17.1. The summed E-state index contributed by atoms with van der Waals surface area (Å²) in [7, 11) is 0. The lowest BCUT2D eigenvalue weighted by Crippen LogP contribution is -2.49. The fourth-order valence-electron chi connectivity index (χ4n) is 3.43. The van der Waals surface area contributed by atoms with E-state index in [1.54, 1.807) is 56.3 Å². The first kappa shape index (κ1) is 21.9. The lowest BCUT2D eigenvalue weighted by atomic mass is 9.92. The van der Waals surface area contributed by atoms with E-state index in [0.29, 0.717) is 32.2 Å². The molecule has 0 aliphatic carbocycles. The predicted molar refractivity (Wildman–Crippen MR) is 119 cm³/mol. The molecule has 32 heavy (non-hydrogen) atoms. The van der Waals surface area contributed by atoms with Crippen molar-refractivity contribution < 1.29 is 19.1 Å². The van der Waals surface area contributed by atoms with Crippen LogP contribution in [0, 0.1) is 6.92 Å². The van der Waals surface area contributed by atoms with Gasteiger partial charge in [0.15, 0.2) is 12.4 Å². The van der Waals surface area contributed by atoms with Crippen molar-refractivity contribution in [2.45, 2.75) is 19.4 Å². The normalized spacial score (nSPS) is 18.1. The zero-order valence-corrected chi connectivity index (χ0v) is 18.6. The van der Waals surface area contributed by atoms with Crippen LogP contribution in [-0.2, 0) is 15.1 Å². The van der Waals surface area contributed by atoms with Gasteiger partial charge in [0.2, 0.25) is 0 Å². The monoisotopic (exact) mass is 472 g/mol. The van der Waals surface area contributed by atoms with Gasteiger partial charge in [-0.25, -0.2) is 9.78 Å². The number of aryl methyl sites for hydroxylation is 1. The second-order valence-corrected chi connectivity index (χ2v) is 8.22. The number of imide groups is 1. The number of hydrogen-bond acceptors (Lipinski definition) is 5. The standard InChI is InChI=1S/C22H18Cl2N4O4/c1-12-8-9-14-15(23)10-16(24)19(18(14)25-12)32-11-17(29)27-28-20(30)22(2,26-21(28)31)13-6-4-3-5-7-13/h3-10H,11H2,1-2H3,(H,26,31)(H,27,29). The van der Waals surface area contributed by atoms with E-state index in [0.717, 1.165) is 0 Å². The highest BCUT2D eigenvalue weighted by Gasteiger charge is 2.50. The number of amides is 4. The molecule has 2 N–H and O–H groups in total. The molecule has 0 spiro atoms. The number of hydrazine groups is 1. The quantitative estimate of drug-likeness (QED) is 0.551. The van der Waals surface area contributed by atoms with Crippen molar-refractivity contribution in [1.82, 2.24) is 20.7 Å². The number of ether oxygens (including phenoxy) is 1. The molecule has 0 saturated carbocycles. The van der Waals surface area contributed by atoms with Crippen molar-refractivity contribution in [1.29, 1.82) is 0 Å². The van der Waals surface area contributed by atoms with Gasteiger partial charge in [-0.15, -0.1) is 0 Å². The van der Waals surface area contributed by atoms with Gasteiger partial charge in [0, 0.05) is 11.1 Å². The molecular weight excluding hydrogens is 455 g/mol. The van der Waals surface area contributed by atoms with E-state index in [1.807, 2.05) is 0 Å². The van der Waals surface area contributed by atoms with Crippen LogP contribution in [0.15, 0.2) is 48.5 Å². The van der Waals surface area contributed by atoms with E-state index in [9.17, 15) is 14.4 Å². The van der Waals surface area contributed by atoms with Crippen molar-refractivity contribution >= 4 is 52.0 Å². The third kappa shape index (κ3) is 3.83. The first-order chi connectivity index (χ1) is 15.2. The van der Waals surface area contributed by atoms with Gasteiger partial charge in [-0.2, -0.15) is 5.01 Å². The van der Waals surface area contributed by atoms with Crippen molar-refractivity contribution in [2.24, 2.45) is 0 Å². The second-order valence-electron chi connectivity index (χ2n) is 7.40. The summed E-state index contributed by atoms with van der Waals surface area (Å²) in [5, 5.41) is 4.44. The lowest BCUT2D eigenvalue weighted by molar-refractivity contribution is -0.139. The maximum absolute atomic E-state index is 12.9. The smallest absolute Gasteiger partial charge is 0.344 e. The first-order valence-electron chi connectivity index (χ1n) is 9.60. The minimum Gasteiger partial charge on any atom is -0.480 e. The highest BCUT2D eigenvalue weighted by atomic mass is 35.5. The fraction of sp³-hybridized carbons (Fsp3) is 0.182. The van der Waals surface area contributed by atoms with Crippen LogP contribution < -0.4 is 15.5 Å². The molecule has 1 aliphatic rings. The maximum Gasteiger partial charge on any atom is 0.344 e. The van der Waals surface area contributed by atoms with E-state index >= 15 is 0 Å². The molecule has 1 unspecified atom stereocenters. The molecule has 8 nitrogen and oxygen atoms in total. The Bertz CT molecular complexity index is 1250. The Labute approximate surface area is 193 Å². The van der Waals surface area contributed by atoms with Gasteiger partial charge in [-0.3, -0.25) is 15.0 Å². The molecule has 1 saturated heterocycles. The van der Waals surface area contributed by atoms with Crippen molar-refractivity contribution in [3.8, 4) is 5.75 Å². The highest BCUT2D eigenvalue weighted by molar-refractivity contribution is 6.39.